The molecule has 0 spiro atoms. The molecule has 0 aromatic rings. The van der Waals surface area contributed by atoms with Gasteiger partial charge < -0.3 is 0 Å². The summed E-state index contributed by atoms with van der Waals surface area (Å²) in [7, 11) is 2.23. The van der Waals surface area contributed by atoms with Gasteiger partial charge in [-0.3, -0.25) is 19.4 Å². The van der Waals surface area contributed by atoms with E-state index >= 15 is 0 Å². The van der Waals surface area contributed by atoms with Crippen LogP contribution in [0.5, 0.6) is 0 Å². The van der Waals surface area contributed by atoms with E-state index in [1.165, 1.54) is 25.7 Å². The zero-order valence-corrected chi connectivity index (χ0v) is 12.2. The van der Waals surface area contributed by atoms with Crippen LogP contribution in [0, 0.1) is 0 Å². The number of hydrogen-bond acceptors (Lipinski definition) is 6. The van der Waals surface area contributed by atoms with Crippen molar-refractivity contribution in [3.05, 3.63) is 0 Å². The molecule has 2 aliphatic rings. The van der Waals surface area contributed by atoms with Crippen molar-refractivity contribution in [2.75, 3.05) is 39.3 Å². The molecule has 0 unspecified atom stereocenters. The number of hydrogen-bond donors (Lipinski definition) is 0. The lowest BCUT2D eigenvalue weighted by molar-refractivity contribution is -0.112. The predicted molar refractivity (Wildman–Crippen MR) is 76.5 cm³/mol. The van der Waals surface area contributed by atoms with Crippen LogP contribution in [-0.4, -0.2) is 59.3 Å². The quantitative estimate of drug-likeness (QED) is 0.732. The third-order valence-electron chi connectivity index (χ3n) is 3.33. The average molecular weight is 288 g/mol. The zero-order chi connectivity index (χ0) is 12.8. The van der Waals surface area contributed by atoms with E-state index in [0.717, 1.165) is 47.8 Å². The van der Waals surface area contributed by atoms with Crippen LogP contribution in [0.25, 0.3) is 0 Å². The molecule has 2 aliphatic heterocycles. The molecule has 6 heteroatoms. The highest BCUT2D eigenvalue weighted by molar-refractivity contribution is 8.87. The standard InChI is InChI=1S/C12H20N2O2S2/c15-11(9-13-5-1-2-6-13)17-18-12(16)10-14-7-3-4-8-14/h1-10H2. The van der Waals surface area contributed by atoms with Crippen molar-refractivity contribution >= 4 is 31.8 Å². The Bertz CT molecular complexity index is 270. The average Bonchev–Trinajstić information content (AvgIpc) is 2.99. The molecule has 0 saturated carbocycles. The maximum Gasteiger partial charge on any atom is 0.213 e. The van der Waals surface area contributed by atoms with Crippen LogP contribution >= 0.6 is 21.6 Å². The van der Waals surface area contributed by atoms with Crippen molar-refractivity contribution in [3.63, 3.8) is 0 Å². The molecular formula is C12H20N2O2S2. The Labute approximate surface area is 116 Å². The first-order valence-electron chi connectivity index (χ1n) is 6.59. The Morgan fingerprint density at radius 1 is 0.722 bits per heavy atom. The largest absolute Gasteiger partial charge is 0.295 e. The molecule has 0 aromatic carbocycles. The second-order valence-corrected chi connectivity index (χ2v) is 7.12. The van der Waals surface area contributed by atoms with Gasteiger partial charge in [0.15, 0.2) is 0 Å². The van der Waals surface area contributed by atoms with E-state index in [9.17, 15) is 9.59 Å². The molecule has 0 bridgehead atoms. The number of likely N-dealkylation sites (tertiary alicyclic amines) is 2. The summed E-state index contributed by atoms with van der Waals surface area (Å²) in [6.07, 6.45) is 4.77. The summed E-state index contributed by atoms with van der Waals surface area (Å²) in [5, 5.41) is 0.216. The Balaban J connectivity index is 1.57. The van der Waals surface area contributed by atoms with Crippen molar-refractivity contribution in [2.24, 2.45) is 0 Å². The van der Waals surface area contributed by atoms with Crippen LogP contribution in [-0.2, 0) is 9.59 Å². The summed E-state index contributed by atoms with van der Waals surface area (Å²) >= 11 is 0. The molecule has 0 radical (unpaired) electrons. The van der Waals surface area contributed by atoms with Crippen molar-refractivity contribution in [2.45, 2.75) is 25.7 Å². The number of carbonyl (C=O) groups is 2. The highest BCUT2D eigenvalue weighted by Crippen LogP contribution is 2.25. The van der Waals surface area contributed by atoms with Crippen LogP contribution in [0.15, 0.2) is 0 Å². The number of rotatable bonds is 4. The summed E-state index contributed by atoms with van der Waals surface area (Å²) in [5.41, 5.74) is 0. The maximum atomic E-state index is 11.7. The lowest BCUT2D eigenvalue weighted by Crippen LogP contribution is -2.26. The molecule has 0 aliphatic carbocycles. The molecule has 2 rings (SSSR count). The SMILES string of the molecule is O=C(CN1CCCC1)SSC(=O)CN1CCCC1. The van der Waals surface area contributed by atoms with Crippen LogP contribution < -0.4 is 0 Å². The lowest BCUT2D eigenvalue weighted by Gasteiger charge is -2.13. The molecule has 0 atom stereocenters. The van der Waals surface area contributed by atoms with Crippen LogP contribution in [0.3, 0.4) is 0 Å². The van der Waals surface area contributed by atoms with Gasteiger partial charge in [-0.05, 0) is 73.5 Å². The summed E-state index contributed by atoms with van der Waals surface area (Å²) in [6.45, 7) is 5.10. The van der Waals surface area contributed by atoms with E-state index in [0.29, 0.717) is 13.1 Å². The molecule has 18 heavy (non-hydrogen) atoms. The highest BCUT2D eigenvalue weighted by atomic mass is 33.1. The monoisotopic (exact) mass is 288 g/mol. The first-order valence-corrected chi connectivity index (χ1v) is 8.74. The Kier molecular flexibility index (Phi) is 6.01. The molecular weight excluding hydrogens is 268 g/mol. The van der Waals surface area contributed by atoms with Crippen molar-refractivity contribution in [1.29, 1.82) is 0 Å². The fourth-order valence-corrected chi connectivity index (χ4v) is 3.92. The first kappa shape index (κ1) is 14.4. The molecule has 0 N–H and O–H groups in total. The molecule has 102 valence electrons. The van der Waals surface area contributed by atoms with Gasteiger partial charge >= 0.3 is 0 Å². The van der Waals surface area contributed by atoms with Crippen LogP contribution in [0.4, 0.5) is 0 Å². The smallest absolute Gasteiger partial charge is 0.213 e. The molecule has 0 amide bonds. The van der Waals surface area contributed by atoms with Gasteiger partial charge in [-0.15, -0.1) is 0 Å². The van der Waals surface area contributed by atoms with E-state index in [1.54, 1.807) is 0 Å². The van der Waals surface area contributed by atoms with E-state index in [4.69, 9.17) is 0 Å². The highest BCUT2D eigenvalue weighted by Gasteiger charge is 2.19. The molecule has 2 heterocycles. The van der Waals surface area contributed by atoms with Crippen molar-refractivity contribution in [3.8, 4) is 0 Å². The van der Waals surface area contributed by atoms with Gasteiger partial charge in [-0.2, -0.15) is 0 Å². The molecule has 0 aromatic heterocycles. The number of nitrogens with zero attached hydrogens (tertiary/aromatic N) is 2. The normalized spacial score (nSPS) is 21.6. The fourth-order valence-electron chi connectivity index (χ4n) is 2.39. The van der Waals surface area contributed by atoms with E-state index < -0.39 is 0 Å². The molecule has 2 saturated heterocycles. The summed E-state index contributed by atoms with van der Waals surface area (Å²) in [6, 6.07) is 0. The van der Waals surface area contributed by atoms with Gasteiger partial charge in [0.1, 0.15) is 0 Å². The number of carbonyl (C=O) groups excluding carboxylic acids is 2. The van der Waals surface area contributed by atoms with E-state index in [-0.39, 0.29) is 10.2 Å². The van der Waals surface area contributed by atoms with Gasteiger partial charge in [-0.25, -0.2) is 0 Å². The van der Waals surface area contributed by atoms with Crippen molar-refractivity contribution in [1.82, 2.24) is 9.80 Å². The third kappa shape index (κ3) is 4.91. The Morgan fingerprint density at radius 3 is 1.39 bits per heavy atom. The second kappa shape index (κ2) is 7.53. The summed E-state index contributed by atoms with van der Waals surface area (Å²) in [5.74, 6) is 0. The zero-order valence-electron chi connectivity index (χ0n) is 10.6. The van der Waals surface area contributed by atoms with Crippen LogP contribution in [0.1, 0.15) is 25.7 Å². The fraction of sp³-hybridized carbons (Fsp3) is 0.833. The second-order valence-electron chi connectivity index (χ2n) is 4.88. The van der Waals surface area contributed by atoms with Crippen molar-refractivity contribution < 1.29 is 9.59 Å². The van der Waals surface area contributed by atoms with E-state index in [2.05, 4.69) is 9.80 Å². The Morgan fingerprint density at radius 2 is 1.06 bits per heavy atom. The van der Waals surface area contributed by atoms with Gasteiger partial charge in [0, 0.05) is 0 Å². The summed E-state index contributed by atoms with van der Waals surface area (Å²) in [4.78, 5) is 27.7. The topological polar surface area (TPSA) is 40.6 Å². The first-order chi connectivity index (χ1) is 8.74. The summed E-state index contributed by atoms with van der Waals surface area (Å²) < 4.78 is 0. The lowest BCUT2D eigenvalue weighted by atomic mass is 10.4. The van der Waals surface area contributed by atoms with E-state index in [1.807, 2.05) is 0 Å². The minimum atomic E-state index is 0.108. The van der Waals surface area contributed by atoms with Gasteiger partial charge in [0.2, 0.25) is 10.2 Å². The minimum Gasteiger partial charge on any atom is -0.295 e. The van der Waals surface area contributed by atoms with Gasteiger partial charge in [0.25, 0.3) is 0 Å². The maximum absolute atomic E-state index is 11.7. The van der Waals surface area contributed by atoms with Gasteiger partial charge in [-0.1, -0.05) is 0 Å². The minimum absolute atomic E-state index is 0.108. The Hall–Kier alpha value is -0.0400. The predicted octanol–water partition coefficient (Wildman–Crippen LogP) is 1.61. The van der Waals surface area contributed by atoms with Crippen LogP contribution in [0.2, 0.25) is 0 Å². The van der Waals surface area contributed by atoms with Gasteiger partial charge in [0.05, 0.1) is 13.1 Å². The molecule has 2 fully saturated rings. The molecule has 4 nitrogen and oxygen atoms in total. The third-order valence-corrected chi connectivity index (χ3v) is 5.41.